The van der Waals surface area contributed by atoms with Gasteiger partial charge in [0.05, 0.1) is 13.5 Å². The highest BCUT2D eigenvalue weighted by atomic mass is 16.5. The maximum absolute atomic E-state index is 11.9. The molecule has 2 saturated carbocycles. The lowest BCUT2D eigenvalue weighted by Crippen LogP contribution is -2.38. The molecule has 1 atom stereocenters. The predicted octanol–water partition coefficient (Wildman–Crippen LogP) is 2.02. The molecule has 0 radical (unpaired) electrons. The minimum absolute atomic E-state index is 0.00801. The lowest BCUT2D eigenvalue weighted by molar-refractivity contribution is -0.141. The Morgan fingerprint density at radius 1 is 1.22 bits per heavy atom. The molecule has 2 rings (SSSR count). The van der Waals surface area contributed by atoms with Gasteiger partial charge in [-0.25, -0.2) is 0 Å². The zero-order valence-electron chi connectivity index (χ0n) is 11.1. The van der Waals surface area contributed by atoms with Gasteiger partial charge in [0.15, 0.2) is 0 Å². The first kappa shape index (κ1) is 13.4. The lowest BCUT2D eigenvalue weighted by atomic mass is 10.0. The molecule has 2 fully saturated rings. The third kappa shape index (κ3) is 4.00. The van der Waals surface area contributed by atoms with E-state index in [0.29, 0.717) is 24.7 Å². The van der Waals surface area contributed by atoms with E-state index in [4.69, 9.17) is 0 Å². The highest BCUT2D eigenvalue weighted by molar-refractivity contribution is 5.78. The minimum Gasteiger partial charge on any atom is -0.469 e. The van der Waals surface area contributed by atoms with E-state index in [2.05, 4.69) is 10.1 Å². The molecule has 4 heteroatoms. The summed E-state index contributed by atoms with van der Waals surface area (Å²) in [7, 11) is 1.40. The van der Waals surface area contributed by atoms with Crippen LogP contribution in [-0.2, 0) is 14.3 Å². The number of esters is 1. The van der Waals surface area contributed by atoms with Crippen molar-refractivity contribution in [1.29, 1.82) is 0 Å². The largest absolute Gasteiger partial charge is 0.469 e. The number of carbonyl (C=O) groups excluding carboxylic acids is 2. The fourth-order valence-electron chi connectivity index (χ4n) is 2.84. The Morgan fingerprint density at radius 2 is 1.89 bits per heavy atom. The van der Waals surface area contributed by atoms with Gasteiger partial charge >= 0.3 is 5.97 Å². The van der Waals surface area contributed by atoms with Crippen molar-refractivity contribution in [3.63, 3.8) is 0 Å². The van der Waals surface area contributed by atoms with Crippen LogP contribution in [-0.4, -0.2) is 25.0 Å². The zero-order valence-corrected chi connectivity index (χ0v) is 11.1. The van der Waals surface area contributed by atoms with Crippen LogP contribution in [0.15, 0.2) is 0 Å². The van der Waals surface area contributed by atoms with E-state index in [-0.39, 0.29) is 17.9 Å². The zero-order chi connectivity index (χ0) is 13.0. The number of carbonyl (C=O) groups is 2. The highest BCUT2D eigenvalue weighted by Crippen LogP contribution is 2.34. The van der Waals surface area contributed by atoms with E-state index in [1.165, 1.54) is 32.8 Å². The Balaban J connectivity index is 1.76. The van der Waals surface area contributed by atoms with Gasteiger partial charge in [-0.05, 0) is 37.5 Å². The second kappa shape index (κ2) is 6.21. The molecule has 0 bridgehead atoms. The summed E-state index contributed by atoms with van der Waals surface area (Å²) < 4.78 is 4.68. The van der Waals surface area contributed by atoms with Crippen LogP contribution in [0.2, 0.25) is 0 Å². The fraction of sp³-hybridized carbons (Fsp3) is 0.857. The third-order valence-electron chi connectivity index (χ3n) is 4.10. The lowest BCUT2D eigenvalue weighted by Gasteiger charge is -2.18. The van der Waals surface area contributed by atoms with Gasteiger partial charge in [-0.2, -0.15) is 0 Å². The molecule has 102 valence electrons. The van der Waals surface area contributed by atoms with Crippen molar-refractivity contribution in [2.45, 2.75) is 57.4 Å². The summed E-state index contributed by atoms with van der Waals surface area (Å²) in [4.78, 5) is 23.3. The molecular formula is C14H23NO3. The van der Waals surface area contributed by atoms with Crippen LogP contribution in [0.25, 0.3) is 0 Å². The molecule has 0 spiro atoms. The van der Waals surface area contributed by atoms with Gasteiger partial charge in [-0.1, -0.05) is 12.8 Å². The molecule has 18 heavy (non-hydrogen) atoms. The minimum atomic E-state index is -0.229. The molecule has 4 nitrogen and oxygen atoms in total. The molecule has 2 aliphatic rings. The van der Waals surface area contributed by atoms with Crippen LogP contribution in [0.5, 0.6) is 0 Å². The molecule has 2 aliphatic carbocycles. The first-order valence-corrected chi connectivity index (χ1v) is 7.05. The van der Waals surface area contributed by atoms with Crippen LogP contribution >= 0.6 is 0 Å². The molecule has 0 heterocycles. The average molecular weight is 253 g/mol. The summed E-state index contributed by atoms with van der Waals surface area (Å²) in [5.41, 5.74) is 0. The maximum Gasteiger partial charge on any atom is 0.307 e. The van der Waals surface area contributed by atoms with Crippen molar-refractivity contribution in [3.8, 4) is 0 Å². The molecule has 0 aromatic heterocycles. The molecular weight excluding hydrogens is 230 g/mol. The topological polar surface area (TPSA) is 55.4 Å². The molecule has 0 aromatic rings. The number of amides is 1. The summed E-state index contributed by atoms with van der Waals surface area (Å²) in [6.07, 6.45) is 8.05. The van der Waals surface area contributed by atoms with Crippen molar-refractivity contribution in [2.75, 3.05) is 7.11 Å². The van der Waals surface area contributed by atoms with E-state index in [0.717, 1.165) is 12.8 Å². The Labute approximate surface area is 108 Å². The Bertz CT molecular complexity index is 306. The van der Waals surface area contributed by atoms with E-state index in [1.54, 1.807) is 0 Å². The fourth-order valence-corrected chi connectivity index (χ4v) is 2.84. The number of hydrogen-bond acceptors (Lipinski definition) is 3. The Kier molecular flexibility index (Phi) is 4.61. The van der Waals surface area contributed by atoms with Crippen molar-refractivity contribution in [1.82, 2.24) is 5.32 Å². The smallest absolute Gasteiger partial charge is 0.307 e. The second-order valence-corrected chi connectivity index (χ2v) is 5.65. The van der Waals surface area contributed by atoms with E-state index in [9.17, 15) is 9.59 Å². The van der Waals surface area contributed by atoms with Crippen LogP contribution in [0.4, 0.5) is 0 Å². The molecule has 0 aromatic carbocycles. The summed E-state index contributed by atoms with van der Waals surface area (Å²) in [6.45, 7) is 0. The van der Waals surface area contributed by atoms with E-state index < -0.39 is 0 Å². The molecule has 0 aliphatic heterocycles. The maximum atomic E-state index is 11.9. The van der Waals surface area contributed by atoms with Crippen molar-refractivity contribution < 1.29 is 14.3 Å². The monoisotopic (exact) mass is 253 g/mol. The summed E-state index contributed by atoms with van der Waals surface area (Å²) in [5, 5.41) is 3.03. The summed E-state index contributed by atoms with van der Waals surface area (Å²) >= 11 is 0. The predicted molar refractivity (Wildman–Crippen MR) is 67.9 cm³/mol. The first-order valence-electron chi connectivity index (χ1n) is 7.05. The van der Waals surface area contributed by atoms with Crippen LogP contribution < -0.4 is 5.32 Å². The Hall–Kier alpha value is -1.06. The molecule has 1 amide bonds. The van der Waals surface area contributed by atoms with Gasteiger partial charge in [0.25, 0.3) is 0 Å². The van der Waals surface area contributed by atoms with Gasteiger partial charge in [-0.15, -0.1) is 0 Å². The van der Waals surface area contributed by atoms with Crippen molar-refractivity contribution in [3.05, 3.63) is 0 Å². The number of hydrogen-bond donors (Lipinski definition) is 1. The number of ether oxygens (including phenoxy) is 1. The van der Waals surface area contributed by atoms with Crippen LogP contribution in [0, 0.1) is 11.8 Å². The average Bonchev–Trinajstić information content (AvgIpc) is 3.08. The van der Waals surface area contributed by atoms with Crippen LogP contribution in [0.1, 0.15) is 51.4 Å². The number of nitrogens with one attached hydrogen (secondary N) is 1. The van der Waals surface area contributed by atoms with Gasteiger partial charge < -0.3 is 10.1 Å². The standard InChI is InChI=1S/C14H23NO3/c1-18-14(17)9-12(11-6-7-11)15-13(16)8-10-4-2-3-5-10/h10-12H,2-9H2,1H3,(H,15,16). The van der Waals surface area contributed by atoms with E-state index >= 15 is 0 Å². The second-order valence-electron chi connectivity index (χ2n) is 5.65. The normalized spacial score (nSPS) is 21.6. The third-order valence-corrected chi connectivity index (χ3v) is 4.10. The van der Waals surface area contributed by atoms with Gasteiger partial charge in [-0.3, -0.25) is 9.59 Å². The molecule has 1 N–H and O–H groups in total. The quantitative estimate of drug-likeness (QED) is 0.737. The van der Waals surface area contributed by atoms with Crippen molar-refractivity contribution >= 4 is 11.9 Å². The Morgan fingerprint density at radius 3 is 2.44 bits per heavy atom. The first-order chi connectivity index (χ1) is 8.69. The van der Waals surface area contributed by atoms with Gasteiger partial charge in [0.1, 0.15) is 0 Å². The summed E-state index contributed by atoms with van der Waals surface area (Å²) in [6, 6.07) is -0.00801. The van der Waals surface area contributed by atoms with E-state index in [1.807, 2.05) is 0 Å². The van der Waals surface area contributed by atoms with Gasteiger partial charge in [0.2, 0.25) is 5.91 Å². The molecule has 0 saturated heterocycles. The SMILES string of the molecule is COC(=O)CC(NC(=O)CC1CCCC1)C1CC1. The summed E-state index contributed by atoms with van der Waals surface area (Å²) in [5.74, 6) is 0.926. The van der Waals surface area contributed by atoms with Crippen molar-refractivity contribution in [2.24, 2.45) is 11.8 Å². The van der Waals surface area contributed by atoms with Crippen LogP contribution in [0.3, 0.4) is 0 Å². The van der Waals surface area contributed by atoms with Gasteiger partial charge in [0, 0.05) is 12.5 Å². The number of methoxy groups -OCH3 is 1. The number of rotatable bonds is 6. The molecule has 1 unspecified atom stereocenters. The highest BCUT2D eigenvalue weighted by Gasteiger charge is 2.34.